The molecule has 0 unspecified atom stereocenters. The summed E-state index contributed by atoms with van der Waals surface area (Å²) in [5.74, 6) is -0.193. The molecule has 1 fully saturated rings. The van der Waals surface area contributed by atoms with Crippen LogP contribution in [-0.2, 0) is 9.16 Å². The highest BCUT2D eigenvalue weighted by Crippen LogP contribution is 2.37. The molecule has 4 rings (SSSR count). The lowest BCUT2D eigenvalue weighted by Crippen LogP contribution is -2.47. The number of hydrogen-bond acceptors (Lipinski definition) is 7. The van der Waals surface area contributed by atoms with E-state index in [2.05, 4.69) is 43.9 Å². The molecule has 0 spiro atoms. The standard InChI is InChI=1S/C30H44FN5O4Si/c1-29(2,3)40-28(38)35(17-16-34-14-9-10-21(34)20-39-41(7,8)30(4,5)6)26-13-15-36-27(33-26)24(19-32-36)23-18-22(37)11-12-25(23)31/h11-13,15,18-19,21,37H,9-10,14,16-17,20H2,1-8H3/t21-/m0/s1. The molecule has 41 heavy (non-hydrogen) atoms. The molecule has 11 heteroatoms. The van der Waals surface area contributed by atoms with Crippen molar-refractivity contribution in [2.45, 2.75) is 84.2 Å². The number of phenols is 1. The van der Waals surface area contributed by atoms with Crippen molar-refractivity contribution < 1.29 is 23.5 Å². The van der Waals surface area contributed by atoms with Crippen LogP contribution in [0.3, 0.4) is 0 Å². The molecular weight excluding hydrogens is 541 g/mol. The van der Waals surface area contributed by atoms with Crippen molar-refractivity contribution in [3.05, 3.63) is 42.5 Å². The van der Waals surface area contributed by atoms with E-state index in [4.69, 9.17) is 14.1 Å². The van der Waals surface area contributed by atoms with Gasteiger partial charge in [-0.1, -0.05) is 20.8 Å². The second-order valence-electron chi connectivity index (χ2n) is 13.3. The summed E-state index contributed by atoms with van der Waals surface area (Å²) in [7, 11) is -1.88. The second-order valence-corrected chi connectivity index (χ2v) is 18.1. The van der Waals surface area contributed by atoms with E-state index in [1.54, 1.807) is 12.3 Å². The van der Waals surface area contributed by atoms with Crippen LogP contribution in [0.25, 0.3) is 16.8 Å². The number of ether oxygens (including phenoxy) is 1. The maximum atomic E-state index is 14.7. The highest BCUT2D eigenvalue weighted by Gasteiger charge is 2.38. The molecule has 0 aliphatic carbocycles. The first-order valence-electron chi connectivity index (χ1n) is 14.3. The molecule has 1 amide bonds. The molecule has 0 saturated carbocycles. The zero-order chi connectivity index (χ0) is 30.2. The number of likely N-dealkylation sites (tertiary alicyclic amines) is 1. The number of fused-ring (bicyclic) bond motifs is 1. The molecule has 3 heterocycles. The van der Waals surface area contributed by atoms with E-state index in [0.29, 0.717) is 36.7 Å². The average Bonchev–Trinajstić information content (AvgIpc) is 3.49. The second kappa shape index (κ2) is 11.7. The molecule has 1 aliphatic heterocycles. The quantitative estimate of drug-likeness (QED) is 0.303. The number of halogens is 1. The van der Waals surface area contributed by atoms with Crippen molar-refractivity contribution >= 4 is 25.9 Å². The summed E-state index contributed by atoms with van der Waals surface area (Å²) in [5, 5.41) is 14.4. The van der Waals surface area contributed by atoms with Crippen molar-refractivity contribution in [2.75, 3.05) is 31.1 Å². The topological polar surface area (TPSA) is 92.4 Å². The Balaban J connectivity index is 1.59. The van der Waals surface area contributed by atoms with Crippen LogP contribution >= 0.6 is 0 Å². The molecule has 1 aliphatic rings. The number of aromatic nitrogens is 3. The Morgan fingerprint density at radius 1 is 1.17 bits per heavy atom. The van der Waals surface area contributed by atoms with E-state index in [1.165, 1.54) is 33.8 Å². The summed E-state index contributed by atoms with van der Waals surface area (Å²) < 4.78 is 28.5. The molecule has 0 bridgehead atoms. The first kappa shape index (κ1) is 30.9. The van der Waals surface area contributed by atoms with Crippen LogP contribution in [0.15, 0.2) is 36.7 Å². The molecule has 9 nitrogen and oxygen atoms in total. The Labute approximate surface area is 243 Å². The zero-order valence-corrected chi connectivity index (χ0v) is 26.6. The van der Waals surface area contributed by atoms with Gasteiger partial charge in [0.1, 0.15) is 23.0 Å². The van der Waals surface area contributed by atoms with Gasteiger partial charge >= 0.3 is 6.09 Å². The van der Waals surface area contributed by atoms with Gasteiger partial charge in [0.15, 0.2) is 14.0 Å². The molecule has 224 valence electrons. The number of carbonyl (C=O) groups excluding carboxylic acids is 1. The number of benzene rings is 1. The molecule has 2 aromatic heterocycles. The maximum absolute atomic E-state index is 14.7. The highest BCUT2D eigenvalue weighted by atomic mass is 28.4. The number of amides is 1. The normalized spacial score (nSPS) is 16.9. The summed E-state index contributed by atoms with van der Waals surface area (Å²) in [6, 6.07) is 5.82. The van der Waals surface area contributed by atoms with Crippen molar-refractivity contribution in [3.8, 4) is 16.9 Å². The third-order valence-corrected chi connectivity index (χ3v) is 12.5. The molecule has 1 aromatic carbocycles. The van der Waals surface area contributed by atoms with Crippen LogP contribution < -0.4 is 4.90 Å². The van der Waals surface area contributed by atoms with Crippen molar-refractivity contribution in [1.82, 2.24) is 19.5 Å². The molecule has 3 aromatic rings. The fraction of sp³-hybridized carbons (Fsp3) is 0.567. The minimum atomic E-state index is -1.88. The van der Waals surface area contributed by atoms with Gasteiger partial charge in [0.25, 0.3) is 0 Å². The summed E-state index contributed by atoms with van der Waals surface area (Å²) >= 11 is 0. The van der Waals surface area contributed by atoms with E-state index in [0.717, 1.165) is 19.4 Å². The van der Waals surface area contributed by atoms with E-state index in [1.807, 2.05) is 20.8 Å². The van der Waals surface area contributed by atoms with Crippen LogP contribution in [0.4, 0.5) is 15.0 Å². The van der Waals surface area contributed by atoms with Crippen molar-refractivity contribution in [1.29, 1.82) is 0 Å². The van der Waals surface area contributed by atoms with E-state index < -0.39 is 25.8 Å². The Bertz CT molecular complexity index is 1380. The SMILES string of the molecule is CC(C)(C)OC(=O)N(CCN1CCC[C@H]1CO[Si](C)(C)C(C)(C)C)c1ccn2ncc(-c3cc(O)ccc3F)c2n1. The number of rotatable bonds is 8. The van der Waals surface area contributed by atoms with Gasteiger partial charge in [-0.15, -0.1) is 0 Å². The Kier molecular flexibility index (Phi) is 8.82. The monoisotopic (exact) mass is 585 g/mol. The van der Waals surface area contributed by atoms with Gasteiger partial charge in [-0.25, -0.2) is 18.7 Å². The number of phenolic OH excluding ortho intramolecular Hbond substituents is 1. The average molecular weight is 586 g/mol. The van der Waals surface area contributed by atoms with Gasteiger partial charge in [-0.2, -0.15) is 5.10 Å². The fourth-order valence-corrected chi connectivity index (χ4v) is 5.71. The lowest BCUT2D eigenvalue weighted by Gasteiger charge is -2.38. The van der Waals surface area contributed by atoms with Crippen molar-refractivity contribution in [3.63, 3.8) is 0 Å². The predicted molar refractivity (Wildman–Crippen MR) is 161 cm³/mol. The zero-order valence-electron chi connectivity index (χ0n) is 25.6. The Morgan fingerprint density at radius 2 is 1.90 bits per heavy atom. The van der Waals surface area contributed by atoms with Gasteiger partial charge in [-0.3, -0.25) is 9.80 Å². The molecule has 1 N–H and O–H groups in total. The number of aromatic hydroxyl groups is 1. The van der Waals surface area contributed by atoms with Gasteiger partial charge in [-0.05, 0) is 82.6 Å². The largest absolute Gasteiger partial charge is 0.508 e. The van der Waals surface area contributed by atoms with Crippen LogP contribution in [0.2, 0.25) is 18.1 Å². The smallest absolute Gasteiger partial charge is 0.416 e. The fourth-order valence-electron chi connectivity index (χ4n) is 4.66. The minimum absolute atomic E-state index is 0.0648. The van der Waals surface area contributed by atoms with Crippen LogP contribution in [-0.4, -0.2) is 76.9 Å². The lowest BCUT2D eigenvalue weighted by atomic mass is 10.1. The van der Waals surface area contributed by atoms with Gasteiger partial charge in [0, 0.05) is 43.1 Å². The first-order chi connectivity index (χ1) is 19.1. The summed E-state index contributed by atoms with van der Waals surface area (Å²) in [6.07, 6.45) is 4.81. The predicted octanol–water partition coefficient (Wildman–Crippen LogP) is 6.47. The summed E-state index contributed by atoms with van der Waals surface area (Å²) in [6.45, 7) is 19.4. The van der Waals surface area contributed by atoms with Crippen LogP contribution in [0, 0.1) is 5.82 Å². The summed E-state index contributed by atoms with van der Waals surface area (Å²) in [4.78, 5) is 22.1. The van der Waals surface area contributed by atoms with E-state index in [9.17, 15) is 14.3 Å². The Morgan fingerprint density at radius 3 is 2.59 bits per heavy atom. The molecule has 0 radical (unpaired) electrons. The van der Waals surface area contributed by atoms with E-state index >= 15 is 0 Å². The van der Waals surface area contributed by atoms with Crippen LogP contribution in [0.5, 0.6) is 5.75 Å². The minimum Gasteiger partial charge on any atom is -0.508 e. The molecular formula is C30H44FN5O4Si. The first-order valence-corrected chi connectivity index (χ1v) is 17.2. The number of anilines is 1. The van der Waals surface area contributed by atoms with Gasteiger partial charge in [0.2, 0.25) is 0 Å². The van der Waals surface area contributed by atoms with Crippen LogP contribution in [0.1, 0.15) is 54.4 Å². The maximum Gasteiger partial charge on any atom is 0.416 e. The molecule has 1 atom stereocenters. The third-order valence-electron chi connectivity index (χ3n) is 8.04. The van der Waals surface area contributed by atoms with Gasteiger partial charge in [0.05, 0.1) is 6.20 Å². The van der Waals surface area contributed by atoms with Crippen molar-refractivity contribution in [2.24, 2.45) is 0 Å². The summed E-state index contributed by atoms with van der Waals surface area (Å²) in [5.41, 5.74) is 0.253. The molecule has 1 saturated heterocycles. The number of nitrogens with zero attached hydrogens (tertiary/aromatic N) is 5. The lowest BCUT2D eigenvalue weighted by molar-refractivity contribution is 0.0573. The highest BCUT2D eigenvalue weighted by molar-refractivity contribution is 6.74. The number of hydrogen-bond donors (Lipinski definition) is 1. The van der Waals surface area contributed by atoms with E-state index in [-0.39, 0.29) is 22.4 Å². The number of carbonyl (C=O) groups is 1. The van der Waals surface area contributed by atoms with Gasteiger partial charge < -0.3 is 14.3 Å². The third kappa shape index (κ3) is 7.25. The Hall–Kier alpha value is -3.02.